The second-order valence-corrected chi connectivity index (χ2v) is 6.81. The molecule has 0 radical (unpaired) electrons. The number of barbiturate groups is 1. The second kappa shape index (κ2) is 7.72. The molecule has 1 aromatic carbocycles. The number of carbonyl (C=O) groups excluding carboxylic acids is 3. The van der Waals surface area contributed by atoms with Crippen molar-refractivity contribution in [3.05, 3.63) is 35.4 Å². The second-order valence-electron chi connectivity index (χ2n) is 6.81. The summed E-state index contributed by atoms with van der Waals surface area (Å²) in [6.07, 6.45) is 5.92. The van der Waals surface area contributed by atoms with Crippen LogP contribution in [0.4, 0.5) is 4.79 Å². The monoisotopic (exact) mass is 356 g/mol. The molecule has 0 spiro atoms. The Morgan fingerprint density at radius 3 is 2.62 bits per heavy atom. The van der Waals surface area contributed by atoms with Crippen LogP contribution in [0.1, 0.15) is 51.5 Å². The summed E-state index contributed by atoms with van der Waals surface area (Å²) in [5.41, 5.74) is 0.615. The maximum absolute atomic E-state index is 12.9. The highest BCUT2D eigenvalue weighted by atomic mass is 16.5. The third kappa shape index (κ3) is 3.64. The van der Waals surface area contributed by atoms with Gasteiger partial charge in [-0.2, -0.15) is 0 Å². The summed E-state index contributed by atoms with van der Waals surface area (Å²) in [4.78, 5) is 38.5. The first-order valence-corrected chi connectivity index (χ1v) is 9.17. The number of imide groups is 2. The molecule has 1 aromatic rings. The zero-order valence-electron chi connectivity index (χ0n) is 15.2. The number of ether oxygens (including phenoxy) is 1. The van der Waals surface area contributed by atoms with Gasteiger partial charge in [-0.3, -0.25) is 19.8 Å². The molecule has 1 saturated heterocycles. The van der Waals surface area contributed by atoms with Gasteiger partial charge in [0.25, 0.3) is 11.8 Å². The van der Waals surface area contributed by atoms with Crippen LogP contribution in [-0.4, -0.2) is 34.9 Å². The quantitative estimate of drug-likeness (QED) is 0.649. The van der Waals surface area contributed by atoms with Crippen molar-refractivity contribution in [2.24, 2.45) is 0 Å². The number of para-hydroxylation sites is 1. The number of hydrogen-bond donors (Lipinski definition) is 1. The Morgan fingerprint density at radius 2 is 1.92 bits per heavy atom. The molecular weight excluding hydrogens is 332 g/mol. The molecule has 138 valence electrons. The Balaban J connectivity index is 1.93. The zero-order valence-corrected chi connectivity index (χ0v) is 15.2. The Labute approximate surface area is 153 Å². The van der Waals surface area contributed by atoms with E-state index in [2.05, 4.69) is 5.32 Å². The van der Waals surface area contributed by atoms with Crippen LogP contribution in [0.3, 0.4) is 0 Å². The third-order valence-corrected chi connectivity index (χ3v) is 4.94. The van der Waals surface area contributed by atoms with Crippen LogP contribution in [0, 0.1) is 0 Å². The highest BCUT2D eigenvalue weighted by molar-refractivity contribution is 6.31. The van der Waals surface area contributed by atoms with E-state index in [1.165, 1.54) is 11.0 Å². The fourth-order valence-electron chi connectivity index (χ4n) is 3.33. The van der Waals surface area contributed by atoms with E-state index >= 15 is 0 Å². The molecule has 0 unspecified atom stereocenters. The summed E-state index contributed by atoms with van der Waals surface area (Å²) >= 11 is 0. The summed E-state index contributed by atoms with van der Waals surface area (Å²) in [6, 6.07) is 6.52. The lowest BCUT2D eigenvalue weighted by molar-refractivity contribution is -0.131. The van der Waals surface area contributed by atoms with Crippen LogP contribution < -0.4 is 10.1 Å². The van der Waals surface area contributed by atoms with Crippen molar-refractivity contribution >= 4 is 23.9 Å². The molecule has 0 bridgehead atoms. The Morgan fingerprint density at radius 1 is 1.23 bits per heavy atom. The van der Waals surface area contributed by atoms with E-state index in [0.29, 0.717) is 11.3 Å². The lowest BCUT2D eigenvalue weighted by Crippen LogP contribution is -2.57. The number of hydrogen-bond acceptors (Lipinski definition) is 4. The van der Waals surface area contributed by atoms with E-state index in [1.807, 2.05) is 32.0 Å². The first-order chi connectivity index (χ1) is 12.5. The van der Waals surface area contributed by atoms with Crippen LogP contribution in [0.5, 0.6) is 5.75 Å². The van der Waals surface area contributed by atoms with Crippen LogP contribution in [0.2, 0.25) is 0 Å². The van der Waals surface area contributed by atoms with Crippen molar-refractivity contribution in [2.45, 2.75) is 58.1 Å². The normalized spacial score (nSPS) is 21.2. The average molecular weight is 356 g/mol. The minimum absolute atomic E-state index is 0.0157. The molecule has 2 aliphatic rings. The number of nitrogens with one attached hydrogen (secondary N) is 1. The molecular formula is C20H24N2O4. The van der Waals surface area contributed by atoms with Crippen LogP contribution in [0.15, 0.2) is 29.8 Å². The first-order valence-electron chi connectivity index (χ1n) is 9.17. The number of nitrogens with zero attached hydrogens (tertiary/aromatic N) is 1. The van der Waals surface area contributed by atoms with Crippen LogP contribution >= 0.6 is 0 Å². The highest BCUT2D eigenvalue weighted by Crippen LogP contribution is 2.28. The molecule has 4 amide bonds. The highest BCUT2D eigenvalue weighted by Gasteiger charge is 2.40. The van der Waals surface area contributed by atoms with E-state index in [-0.39, 0.29) is 17.7 Å². The van der Waals surface area contributed by atoms with Crippen molar-refractivity contribution in [1.29, 1.82) is 0 Å². The molecule has 1 aliphatic carbocycles. The topological polar surface area (TPSA) is 75.7 Å². The average Bonchev–Trinajstić information content (AvgIpc) is 3.13. The van der Waals surface area contributed by atoms with Gasteiger partial charge in [0.1, 0.15) is 11.3 Å². The van der Waals surface area contributed by atoms with Crippen molar-refractivity contribution in [3.63, 3.8) is 0 Å². The standard InChI is InChI=1S/C20H24N2O4/c1-3-13(2)26-17-11-7-4-8-14(17)12-16-18(23)21-20(25)22(19(16)24)15-9-5-6-10-15/h4,7-8,11-13,15H,3,5-6,9-10H2,1-2H3,(H,21,23,25)/b16-12+/t13-/m0/s1. The maximum atomic E-state index is 12.9. The lowest BCUT2D eigenvalue weighted by atomic mass is 10.0. The minimum Gasteiger partial charge on any atom is -0.490 e. The number of urea groups is 1. The van der Waals surface area contributed by atoms with Gasteiger partial charge in [-0.1, -0.05) is 38.0 Å². The molecule has 1 atom stereocenters. The van der Waals surface area contributed by atoms with Crippen LogP contribution in [0.25, 0.3) is 6.08 Å². The van der Waals surface area contributed by atoms with E-state index in [1.54, 1.807) is 6.07 Å². The molecule has 1 N–H and O–H groups in total. The summed E-state index contributed by atoms with van der Waals surface area (Å²) in [7, 11) is 0. The van der Waals surface area contributed by atoms with Crippen molar-refractivity contribution in [1.82, 2.24) is 10.2 Å². The molecule has 26 heavy (non-hydrogen) atoms. The third-order valence-electron chi connectivity index (χ3n) is 4.94. The molecule has 2 fully saturated rings. The van der Waals surface area contributed by atoms with Crippen LogP contribution in [-0.2, 0) is 9.59 Å². The molecule has 1 heterocycles. The molecule has 0 aromatic heterocycles. The van der Waals surface area contributed by atoms with E-state index in [0.717, 1.165) is 32.1 Å². The predicted molar refractivity (Wildman–Crippen MR) is 97.4 cm³/mol. The summed E-state index contributed by atoms with van der Waals surface area (Å²) in [6.45, 7) is 3.98. The fraction of sp³-hybridized carbons (Fsp3) is 0.450. The minimum atomic E-state index is -0.660. The zero-order chi connectivity index (χ0) is 18.7. The number of carbonyl (C=O) groups is 3. The summed E-state index contributed by atoms with van der Waals surface area (Å²) < 4.78 is 5.89. The van der Waals surface area contributed by atoms with E-state index in [9.17, 15) is 14.4 Å². The van der Waals surface area contributed by atoms with Gasteiger partial charge in [0, 0.05) is 11.6 Å². The molecule has 6 heteroatoms. The molecule has 6 nitrogen and oxygen atoms in total. The SMILES string of the molecule is CC[C@H](C)Oc1ccccc1/C=C1\C(=O)NC(=O)N(C2CCCC2)C1=O. The van der Waals surface area contributed by atoms with Gasteiger partial charge in [-0.15, -0.1) is 0 Å². The molecule has 3 rings (SSSR count). The van der Waals surface area contributed by atoms with Crippen molar-refractivity contribution < 1.29 is 19.1 Å². The number of benzene rings is 1. The van der Waals surface area contributed by atoms with Crippen molar-refractivity contribution in [3.8, 4) is 5.75 Å². The fourth-order valence-corrected chi connectivity index (χ4v) is 3.33. The summed E-state index contributed by atoms with van der Waals surface area (Å²) in [5, 5.41) is 2.30. The van der Waals surface area contributed by atoms with Gasteiger partial charge < -0.3 is 4.74 Å². The Bertz CT molecular complexity index is 750. The Kier molecular flexibility index (Phi) is 5.40. The number of amides is 4. The largest absolute Gasteiger partial charge is 0.490 e. The van der Waals surface area contributed by atoms with E-state index < -0.39 is 17.8 Å². The van der Waals surface area contributed by atoms with Crippen molar-refractivity contribution in [2.75, 3.05) is 0 Å². The van der Waals surface area contributed by atoms with Gasteiger partial charge >= 0.3 is 6.03 Å². The molecule has 1 saturated carbocycles. The molecule has 1 aliphatic heterocycles. The van der Waals surface area contributed by atoms with Gasteiger partial charge in [-0.25, -0.2) is 4.79 Å². The van der Waals surface area contributed by atoms with Gasteiger partial charge in [0.2, 0.25) is 0 Å². The maximum Gasteiger partial charge on any atom is 0.331 e. The van der Waals surface area contributed by atoms with E-state index in [4.69, 9.17) is 4.74 Å². The predicted octanol–water partition coefficient (Wildman–Crippen LogP) is 3.27. The van der Waals surface area contributed by atoms with Gasteiger partial charge in [0.05, 0.1) is 6.10 Å². The Hall–Kier alpha value is -2.63. The van der Waals surface area contributed by atoms with Gasteiger partial charge in [-0.05, 0) is 38.3 Å². The smallest absolute Gasteiger partial charge is 0.331 e. The van der Waals surface area contributed by atoms with Gasteiger partial charge in [0.15, 0.2) is 0 Å². The number of rotatable bonds is 5. The lowest BCUT2D eigenvalue weighted by Gasteiger charge is -2.31. The first kappa shape index (κ1) is 18.2. The summed E-state index contributed by atoms with van der Waals surface area (Å²) in [5.74, 6) is -0.573.